The van der Waals surface area contributed by atoms with Crippen LogP contribution in [0.4, 0.5) is 8.78 Å². The molecule has 1 amide bonds. The van der Waals surface area contributed by atoms with Crippen molar-refractivity contribution in [1.29, 1.82) is 0 Å². The fourth-order valence-corrected chi connectivity index (χ4v) is 2.55. The van der Waals surface area contributed by atoms with E-state index in [0.29, 0.717) is 17.7 Å². The van der Waals surface area contributed by atoms with E-state index in [-0.39, 0.29) is 17.6 Å². The summed E-state index contributed by atoms with van der Waals surface area (Å²) in [5.74, 6) is 3.96. The van der Waals surface area contributed by atoms with E-state index in [4.69, 9.17) is 4.74 Å². The van der Waals surface area contributed by atoms with Crippen LogP contribution in [0.15, 0.2) is 42.5 Å². The van der Waals surface area contributed by atoms with E-state index in [1.54, 1.807) is 24.3 Å². The second-order valence-electron chi connectivity index (χ2n) is 5.80. The molecule has 3 rings (SSSR count). The van der Waals surface area contributed by atoms with Gasteiger partial charge in [0.1, 0.15) is 11.6 Å². The van der Waals surface area contributed by atoms with Crippen LogP contribution in [0.5, 0.6) is 0 Å². The Hall–Kier alpha value is -2.71. The van der Waals surface area contributed by atoms with Crippen LogP contribution < -0.4 is 5.32 Å². The Labute approximate surface area is 145 Å². The number of rotatable bonds is 3. The third-order valence-corrected chi connectivity index (χ3v) is 3.93. The molecule has 1 N–H and O–H groups in total. The van der Waals surface area contributed by atoms with Crippen molar-refractivity contribution in [3.63, 3.8) is 0 Å². The molecule has 1 heterocycles. The Morgan fingerprint density at radius 2 is 1.96 bits per heavy atom. The molecule has 0 spiro atoms. The van der Waals surface area contributed by atoms with Crippen molar-refractivity contribution in [2.75, 3.05) is 13.2 Å². The van der Waals surface area contributed by atoms with E-state index in [1.807, 2.05) is 0 Å². The first-order valence-electron chi connectivity index (χ1n) is 8.09. The molecule has 25 heavy (non-hydrogen) atoms. The van der Waals surface area contributed by atoms with Gasteiger partial charge in [-0.2, -0.15) is 0 Å². The predicted molar refractivity (Wildman–Crippen MR) is 90.1 cm³/mol. The molecule has 0 bridgehead atoms. The van der Waals surface area contributed by atoms with Gasteiger partial charge in [0.05, 0.1) is 11.7 Å². The van der Waals surface area contributed by atoms with Crippen molar-refractivity contribution in [2.45, 2.75) is 18.9 Å². The summed E-state index contributed by atoms with van der Waals surface area (Å²) in [5.41, 5.74) is 1.29. The summed E-state index contributed by atoms with van der Waals surface area (Å²) >= 11 is 0. The Kier molecular flexibility index (Phi) is 5.42. The largest absolute Gasteiger partial charge is 0.376 e. The monoisotopic (exact) mass is 341 g/mol. The molecule has 1 atom stereocenters. The van der Waals surface area contributed by atoms with Crippen LogP contribution in [0.25, 0.3) is 0 Å². The number of carbonyl (C=O) groups is 1. The zero-order valence-corrected chi connectivity index (χ0v) is 13.5. The smallest absolute Gasteiger partial charge is 0.251 e. The van der Waals surface area contributed by atoms with Gasteiger partial charge >= 0.3 is 0 Å². The quantitative estimate of drug-likeness (QED) is 0.870. The maximum atomic E-state index is 13.5. The van der Waals surface area contributed by atoms with Crippen molar-refractivity contribution in [1.82, 2.24) is 5.32 Å². The molecule has 0 aromatic heterocycles. The normalized spacial score (nSPS) is 16.2. The predicted octanol–water partition coefficient (Wildman–Crippen LogP) is 3.27. The van der Waals surface area contributed by atoms with Crippen LogP contribution >= 0.6 is 0 Å². The molecule has 1 aliphatic rings. The molecule has 5 heteroatoms. The molecule has 1 saturated heterocycles. The van der Waals surface area contributed by atoms with Gasteiger partial charge in [-0.15, -0.1) is 0 Å². The van der Waals surface area contributed by atoms with Crippen LogP contribution in [0.3, 0.4) is 0 Å². The molecule has 0 saturated carbocycles. The van der Waals surface area contributed by atoms with Gasteiger partial charge in [0, 0.05) is 30.3 Å². The van der Waals surface area contributed by atoms with Crippen molar-refractivity contribution < 1.29 is 18.3 Å². The molecule has 2 aromatic carbocycles. The molecule has 0 aliphatic carbocycles. The summed E-state index contributed by atoms with van der Waals surface area (Å²) in [6, 6.07) is 9.96. The first kappa shape index (κ1) is 17.1. The van der Waals surface area contributed by atoms with Gasteiger partial charge in [-0.05, 0) is 49.2 Å². The van der Waals surface area contributed by atoms with Crippen LogP contribution in [-0.4, -0.2) is 25.2 Å². The van der Waals surface area contributed by atoms with Gasteiger partial charge in [-0.1, -0.05) is 11.8 Å². The SMILES string of the molecule is O=C(NC[C@@H]1CCCO1)c1ccc(C#Cc2ccc(F)cc2F)cc1. The first-order chi connectivity index (χ1) is 12.1. The molecular formula is C20H17F2NO2. The lowest BCUT2D eigenvalue weighted by Gasteiger charge is -2.10. The molecule has 0 radical (unpaired) electrons. The van der Waals surface area contributed by atoms with E-state index in [9.17, 15) is 13.6 Å². The Balaban J connectivity index is 1.62. The maximum Gasteiger partial charge on any atom is 0.251 e. The third kappa shape index (κ3) is 4.65. The average Bonchev–Trinajstić information content (AvgIpc) is 3.13. The van der Waals surface area contributed by atoms with Crippen LogP contribution in [0, 0.1) is 23.5 Å². The Morgan fingerprint density at radius 1 is 1.16 bits per heavy atom. The molecular weight excluding hydrogens is 324 g/mol. The van der Waals surface area contributed by atoms with Gasteiger partial charge < -0.3 is 10.1 Å². The lowest BCUT2D eigenvalue weighted by molar-refractivity contribution is 0.0858. The summed E-state index contributed by atoms with van der Waals surface area (Å²) in [6.45, 7) is 1.26. The van der Waals surface area contributed by atoms with Crippen molar-refractivity contribution in [3.05, 3.63) is 70.8 Å². The van der Waals surface area contributed by atoms with Crippen LogP contribution in [0.1, 0.15) is 34.3 Å². The van der Waals surface area contributed by atoms with Crippen LogP contribution in [0.2, 0.25) is 0 Å². The molecule has 3 nitrogen and oxygen atoms in total. The molecule has 128 valence electrons. The molecule has 1 fully saturated rings. The van der Waals surface area contributed by atoms with Crippen molar-refractivity contribution in [2.24, 2.45) is 0 Å². The van der Waals surface area contributed by atoms with Gasteiger partial charge in [0.2, 0.25) is 0 Å². The van der Waals surface area contributed by atoms with Crippen molar-refractivity contribution >= 4 is 5.91 Å². The number of halogens is 2. The molecule has 0 unspecified atom stereocenters. The highest BCUT2D eigenvalue weighted by molar-refractivity contribution is 5.94. The fourth-order valence-electron chi connectivity index (χ4n) is 2.55. The lowest BCUT2D eigenvalue weighted by Crippen LogP contribution is -2.31. The van der Waals surface area contributed by atoms with Gasteiger partial charge in [0.15, 0.2) is 0 Å². The summed E-state index contributed by atoms with van der Waals surface area (Å²) in [7, 11) is 0. The van der Waals surface area contributed by atoms with Gasteiger partial charge in [-0.3, -0.25) is 4.79 Å². The summed E-state index contributed by atoms with van der Waals surface area (Å²) in [5, 5.41) is 2.85. The molecule has 2 aromatic rings. The van der Waals surface area contributed by atoms with Crippen molar-refractivity contribution in [3.8, 4) is 11.8 Å². The Morgan fingerprint density at radius 3 is 2.64 bits per heavy atom. The van der Waals surface area contributed by atoms with Crippen LogP contribution in [-0.2, 0) is 4.74 Å². The highest BCUT2D eigenvalue weighted by Crippen LogP contribution is 2.11. The maximum absolute atomic E-state index is 13.5. The van der Waals surface area contributed by atoms with E-state index >= 15 is 0 Å². The summed E-state index contributed by atoms with van der Waals surface area (Å²) < 4.78 is 31.9. The summed E-state index contributed by atoms with van der Waals surface area (Å²) in [6.07, 6.45) is 2.09. The topological polar surface area (TPSA) is 38.3 Å². The number of amides is 1. The van der Waals surface area contributed by atoms with E-state index in [2.05, 4.69) is 17.2 Å². The minimum atomic E-state index is -0.697. The zero-order chi connectivity index (χ0) is 17.6. The first-order valence-corrected chi connectivity index (χ1v) is 8.09. The zero-order valence-electron chi connectivity index (χ0n) is 13.5. The van der Waals surface area contributed by atoms with E-state index in [1.165, 1.54) is 6.07 Å². The average molecular weight is 341 g/mol. The molecule has 1 aliphatic heterocycles. The fraction of sp³-hybridized carbons (Fsp3) is 0.250. The number of carbonyl (C=O) groups excluding carboxylic acids is 1. The number of hydrogen-bond acceptors (Lipinski definition) is 2. The standard InChI is InChI=1S/C20H17F2NO2/c21-17-10-9-15(19(22)12-17)6-3-14-4-7-16(8-5-14)20(24)23-13-18-2-1-11-25-18/h4-5,7-10,12,18H,1-2,11,13H2,(H,23,24)/t18-/m0/s1. The summed E-state index contributed by atoms with van der Waals surface area (Å²) in [4.78, 5) is 12.1. The number of ether oxygens (including phenoxy) is 1. The second-order valence-corrected chi connectivity index (χ2v) is 5.80. The van der Waals surface area contributed by atoms with E-state index in [0.717, 1.165) is 31.6 Å². The van der Waals surface area contributed by atoms with E-state index < -0.39 is 11.6 Å². The highest BCUT2D eigenvalue weighted by Gasteiger charge is 2.16. The number of benzene rings is 2. The number of hydrogen-bond donors (Lipinski definition) is 1. The van der Waals surface area contributed by atoms with Gasteiger partial charge in [-0.25, -0.2) is 8.78 Å². The number of nitrogens with one attached hydrogen (secondary N) is 1. The Bertz CT molecular complexity index is 816. The van der Waals surface area contributed by atoms with Gasteiger partial charge in [0.25, 0.3) is 5.91 Å². The minimum absolute atomic E-state index is 0.0969. The lowest BCUT2D eigenvalue weighted by atomic mass is 10.1. The second kappa shape index (κ2) is 7.91. The third-order valence-electron chi connectivity index (χ3n) is 3.93. The minimum Gasteiger partial charge on any atom is -0.376 e. The highest BCUT2D eigenvalue weighted by atomic mass is 19.1.